The van der Waals surface area contributed by atoms with Crippen LogP contribution < -0.4 is 26.0 Å². The van der Waals surface area contributed by atoms with Crippen LogP contribution in [0.5, 0.6) is 5.75 Å². The number of nitrogens with zero attached hydrogens (tertiary/aromatic N) is 8. The molecule has 0 radical (unpaired) electrons. The summed E-state index contributed by atoms with van der Waals surface area (Å²) < 4.78 is 31.9. The molecule has 0 bridgehead atoms. The van der Waals surface area contributed by atoms with Gasteiger partial charge in [0.05, 0.1) is 49.9 Å². The predicted molar refractivity (Wildman–Crippen MR) is 348 cm³/mol. The Morgan fingerprint density at radius 1 is 0.826 bits per heavy atom. The molecular weight excluding hydrogens is 1330 g/mol. The smallest absolute Gasteiger partial charge is 0.317 e. The molecule has 0 aliphatic carbocycles. The van der Waals surface area contributed by atoms with Crippen LogP contribution in [0.15, 0.2) is 54.7 Å². The number of aryl methyl sites for hydroxylation is 1. The van der Waals surface area contributed by atoms with Crippen molar-refractivity contribution in [3.8, 4) is 11.8 Å². The molecular formula is C63H88FIN12O14S. The van der Waals surface area contributed by atoms with Crippen molar-refractivity contribution < 1.29 is 72.0 Å². The summed E-state index contributed by atoms with van der Waals surface area (Å²) in [6.45, 7) is 5.62. The predicted octanol–water partition coefficient (Wildman–Crippen LogP) is 2.39. The minimum atomic E-state index is -1.68. The summed E-state index contributed by atoms with van der Waals surface area (Å²) in [7, 11) is 0. The molecule has 6 amide bonds. The van der Waals surface area contributed by atoms with Gasteiger partial charge in [-0.1, -0.05) is 12.1 Å². The Kier molecular flexibility index (Phi) is 32.0. The van der Waals surface area contributed by atoms with Crippen LogP contribution in [0.3, 0.4) is 0 Å². The molecule has 6 rings (SSSR count). The molecule has 2 aromatic carbocycles. The molecule has 0 spiro atoms. The zero-order valence-electron chi connectivity index (χ0n) is 52.3. The molecule has 504 valence electrons. The fraction of sp³-hybridized carbons (Fsp3) is 0.603. The maximum atomic E-state index is 14.6. The topological polar surface area (TPSA) is 326 Å². The molecule has 1 aromatic heterocycles. The molecule has 92 heavy (non-hydrogen) atoms. The van der Waals surface area contributed by atoms with E-state index in [1.54, 1.807) is 28.0 Å². The number of carbonyl (C=O) groups excluding carboxylic acids is 8. The number of pyridine rings is 1. The minimum Gasteiger partial charge on any atom is -0.494 e. The van der Waals surface area contributed by atoms with E-state index < -0.39 is 60.0 Å². The molecule has 26 nitrogen and oxygen atoms in total. The summed E-state index contributed by atoms with van der Waals surface area (Å²) in [4.78, 5) is 129. The van der Waals surface area contributed by atoms with Gasteiger partial charge < -0.3 is 55.5 Å². The van der Waals surface area contributed by atoms with E-state index in [9.17, 15) is 63.0 Å². The number of aliphatic hydroxyl groups is 1. The number of nitrogens with one attached hydrogen (secondary N) is 4. The first kappa shape index (κ1) is 74.2. The van der Waals surface area contributed by atoms with Crippen LogP contribution in [0, 0.1) is 20.8 Å². The first-order valence-corrected chi connectivity index (χ1v) is 33.6. The monoisotopic (exact) mass is 1410 g/mol. The van der Waals surface area contributed by atoms with Gasteiger partial charge in [-0.25, -0.2) is 4.39 Å². The molecule has 4 atom stereocenters. The highest BCUT2D eigenvalue weighted by atomic mass is 127. The zero-order chi connectivity index (χ0) is 66.3. The number of hydrogen-bond acceptors (Lipinski definition) is 20. The second kappa shape index (κ2) is 39.7. The van der Waals surface area contributed by atoms with E-state index in [-0.39, 0.29) is 88.7 Å². The van der Waals surface area contributed by atoms with Crippen LogP contribution in [0.2, 0.25) is 0 Å². The number of likely N-dealkylation sites (tertiary alicyclic amines) is 2. The fourth-order valence-corrected chi connectivity index (χ4v) is 12.4. The normalized spacial score (nSPS) is 18.9. The number of carboxylic acids is 1. The molecule has 3 aromatic rings. The van der Waals surface area contributed by atoms with E-state index in [1.165, 1.54) is 30.9 Å². The van der Waals surface area contributed by atoms with E-state index >= 15 is 0 Å². The van der Waals surface area contributed by atoms with Gasteiger partial charge in [0, 0.05) is 118 Å². The van der Waals surface area contributed by atoms with Gasteiger partial charge in [0.25, 0.3) is 24.8 Å². The molecule has 3 aliphatic rings. The number of aromatic nitrogens is 1. The van der Waals surface area contributed by atoms with Gasteiger partial charge in [-0.2, -0.15) is 17.0 Å². The number of benzene rings is 2. The number of amides is 6. The number of piperidine rings is 1. The quantitative estimate of drug-likeness (QED) is 0.0280. The molecule has 3 saturated heterocycles. The van der Waals surface area contributed by atoms with E-state index in [0.29, 0.717) is 132 Å². The SMILES string of the molecule is CC1(F)C[C@H](C#N)N(C(=O)CNC(=O)c2ccnc3ccc(OCCCC4CCN(C(=O)[C@H](O)CSCCNC(=O)C(CCCCNC(=O)CCCc5ccc(I)cc5)NC(=O)CN5CCN(COC=O)CCN(COC=O)CCN(CC(=O)O)CC5)CC4)cc23)C1. The minimum absolute atomic E-state index is 0.0117. The standard InChI is InChI=1S/C63H88FIN12O14S/c1-63(64)35-49(36-66)77(41-63)58(83)37-70-60(86)51-16-20-67-53-15-14-50(34-52(51)53)91-32-5-7-47-17-22-76(23-18-47)62(88)55(80)40-92-33-21-69-61(87)54(8-2-3-19-68-56(81)9-4-6-46-10-12-48(65)13-11-46)71-57(82)38-72-24-25-73(39-59(84)85)27-29-75(43-90-45-79)31-30-74(28-26-72)42-89-44-78/h10-16,20,34,44-45,47,49,54-55,80H,2-9,17-19,21-33,35,37-43H2,1H3,(H,68,81)(H,69,87)(H,70,86)(H,71,82)(H,84,85)/t49-,54?,55-,63?/m1/s1. The average molecular weight is 1420 g/mol. The van der Waals surface area contributed by atoms with Crippen molar-refractivity contribution in [2.45, 2.75) is 101 Å². The molecule has 0 saturated carbocycles. The van der Waals surface area contributed by atoms with Crippen molar-refractivity contribution in [1.82, 2.24) is 55.7 Å². The third-order valence-corrected chi connectivity index (χ3v) is 18.1. The summed E-state index contributed by atoms with van der Waals surface area (Å²) >= 11 is 3.56. The summed E-state index contributed by atoms with van der Waals surface area (Å²) in [5.74, 6) is -2.07. The fourth-order valence-electron chi connectivity index (χ4n) is 11.3. The molecule has 4 heterocycles. The second-order valence-electron chi connectivity index (χ2n) is 23.6. The third kappa shape index (κ3) is 26.3. The lowest BCUT2D eigenvalue weighted by atomic mass is 9.92. The van der Waals surface area contributed by atoms with Crippen LogP contribution in [-0.2, 0) is 54.3 Å². The van der Waals surface area contributed by atoms with Crippen LogP contribution >= 0.6 is 34.4 Å². The number of carboxylic acid groups (broad SMARTS) is 1. The van der Waals surface area contributed by atoms with Crippen molar-refractivity contribution in [2.24, 2.45) is 5.92 Å². The number of ether oxygens (including phenoxy) is 3. The first-order chi connectivity index (χ1) is 44.3. The molecule has 29 heteroatoms. The van der Waals surface area contributed by atoms with E-state index in [0.717, 1.165) is 46.1 Å². The summed E-state index contributed by atoms with van der Waals surface area (Å²) in [6, 6.07) is 15.0. The Hall–Kier alpha value is -6.82. The molecule has 2 unspecified atom stereocenters. The van der Waals surface area contributed by atoms with Crippen LogP contribution in [-0.4, -0.2) is 259 Å². The number of unbranched alkanes of at least 4 members (excludes halogenated alkanes) is 1. The number of rotatable bonds is 35. The summed E-state index contributed by atoms with van der Waals surface area (Å²) in [5, 5.41) is 42.0. The van der Waals surface area contributed by atoms with Gasteiger partial charge in [-0.05, 0) is 135 Å². The maximum absolute atomic E-state index is 14.6. The lowest BCUT2D eigenvalue weighted by molar-refractivity contribution is -0.140. The number of aliphatic carboxylic acids is 1. The number of carbonyl (C=O) groups is 9. The maximum Gasteiger partial charge on any atom is 0.317 e. The summed E-state index contributed by atoms with van der Waals surface area (Å²) in [6.07, 6.45) is 6.37. The Labute approximate surface area is 554 Å². The Morgan fingerprint density at radius 2 is 1.49 bits per heavy atom. The van der Waals surface area contributed by atoms with Crippen molar-refractivity contribution in [1.29, 1.82) is 5.26 Å². The van der Waals surface area contributed by atoms with Gasteiger partial charge >= 0.3 is 5.97 Å². The molecule has 3 fully saturated rings. The highest BCUT2D eigenvalue weighted by Gasteiger charge is 2.43. The Balaban J connectivity index is 0.932. The van der Waals surface area contributed by atoms with Crippen LogP contribution in [0.4, 0.5) is 4.39 Å². The lowest BCUT2D eigenvalue weighted by Crippen LogP contribution is -2.52. The highest BCUT2D eigenvalue weighted by Crippen LogP contribution is 2.30. The Morgan fingerprint density at radius 3 is 2.14 bits per heavy atom. The lowest BCUT2D eigenvalue weighted by Gasteiger charge is -2.33. The number of nitriles is 1. The van der Waals surface area contributed by atoms with E-state index in [4.69, 9.17) is 14.2 Å². The second-order valence-corrected chi connectivity index (χ2v) is 26.0. The molecule has 6 N–H and O–H groups in total. The average Bonchev–Trinajstić information content (AvgIpc) is 1.32. The van der Waals surface area contributed by atoms with Crippen LogP contribution in [0.25, 0.3) is 10.9 Å². The number of aliphatic hydroxyl groups excluding tert-OH is 1. The van der Waals surface area contributed by atoms with Crippen molar-refractivity contribution in [3.63, 3.8) is 0 Å². The van der Waals surface area contributed by atoms with Crippen molar-refractivity contribution >= 4 is 99.6 Å². The number of hydrogen-bond donors (Lipinski definition) is 6. The summed E-state index contributed by atoms with van der Waals surface area (Å²) in [5.41, 5.74) is 0.297. The number of fused-ring (bicyclic) bond motifs is 1. The first-order valence-electron chi connectivity index (χ1n) is 31.4. The number of thioether (sulfide) groups is 1. The van der Waals surface area contributed by atoms with E-state index in [2.05, 4.69) is 61.0 Å². The third-order valence-electron chi connectivity index (χ3n) is 16.4. The largest absolute Gasteiger partial charge is 0.494 e. The number of halogens is 2. The van der Waals surface area contributed by atoms with Gasteiger partial charge in [0.2, 0.25) is 23.6 Å². The van der Waals surface area contributed by atoms with Crippen molar-refractivity contribution in [2.75, 3.05) is 136 Å². The van der Waals surface area contributed by atoms with Crippen LogP contribution in [0.1, 0.15) is 87.1 Å². The Bertz CT molecular complexity index is 2940. The van der Waals surface area contributed by atoms with Gasteiger partial charge in [0.15, 0.2) is 0 Å². The van der Waals surface area contributed by atoms with Gasteiger partial charge in [0.1, 0.15) is 43.1 Å². The zero-order valence-corrected chi connectivity index (χ0v) is 55.3. The van der Waals surface area contributed by atoms with Gasteiger partial charge in [-0.3, -0.25) is 67.7 Å². The molecule has 3 aliphatic heterocycles. The van der Waals surface area contributed by atoms with Crippen molar-refractivity contribution in [3.05, 3.63) is 69.4 Å². The number of alkyl halides is 1. The van der Waals surface area contributed by atoms with E-state index in [1.807, 2.05) is 32.9 Å². The highest BCUT2D eigenvalue weighted by molar-refractivity contribution is 14.1. The van der Waals surface area contributed by atoms with Gasteiger partial charge in [-0.15, -0.1) is 0 Å².